The first kappa shape index (κ1) is 10.6. The normalized spacial score (nSPS) is 10.1. The van der Waals surface area contributed by atoms with Gasteiger partial charge < -0.3 is 5.73 Å². The smallest absolute Gasteiger partial charge is 0.130 e. The zero-order chi connectivity index (χ0) is 11.7. The van der Waals surface area contributed by atoms with Crippen molar-refractivity contribution in [2.24, 2.45) is 0 Å². The number of hydrogen-bond acceptors (Lipinski definition) is 5. The molecule has 16 heavy (non-hydrogen) atoms. The van der Waals surface area contributed by atoms with Crippen LogP contribution in [0, 0.1) is 25.2 Å². The van der Waals surface area contributed by atoms with E-state index in [1.165, 1.54) is 11.3 Å². The van der Waals surface area contributed by atoms with Gasteiger partial charge >= 0.3 is 0 Å². The van der Waals surface area contributed by atoms with Crippen LogP contribution in [0.3, 0.4) is 0 Å². The lowest BCUT2D eigenvalue weighted by Gasteiger charge is -2.05. The van der Waals surface area contributed by atoms with Crippen molar-refractivity contribution in [3.8, 4) is 16.6 Å². The molecule has 0 aliphatic heterocycles. The van der Waals surface area contributed by atoms with Crippen LogP contribution in [0.1, 0.15) is 16.3 Å². The SMILES string of the molecule is Cc1nc(N)c(C)c(-c2ccc(C#N)s2)n1. The minimum Gasteiger partial charge on any atom is -0.383 e. The molecule has 80 valence electrons. The van der Waals surface area contributed by atoms with Crippen molar-refractivity contribution >= 4 is 17.2 Å². The van der Waals surface area contributed by atoms with E-state index in [4.69, 9.17) is 11.0 Å². The van der Waals surface area contributed by atoms with E-state index < -0.39 is 0 Å². The summed E-state index contributed by atoms with van der Waals surface area (Å²) >= 11 is 1.41. The Morgan fingerprint density at radius 2 is 2.06 bits per heavy atom. The van der Waals surface area contributed by atoms with E-state index in [9.17, 15) is 0 Å². The molecule has 0 aliphatic rings. The van der Waals surface area contributed by atoms with Gasteiger partial charge in [0.1, 0.15) is 22.6 Å². The molecule has 0 unspecified atom stereocenters. The fraction of sp³-hybridized carbons (Fsp3) is 0.182. The van der Waals surface area contributed by atoms with Crippen LogP contribution in [-0.2, 0) is 0 Å². The minimum atomic E-state index is 0.495. The first-order chi connectivity index (χ1) is 7.61. The first-order valence-corrected chi connectivity index (χ1v) is 5.54. The van der Waals surface area contributed by atoms with Gasteiger partial charge in [-0.2, -0.15) is 5.26 Å². The first-order valence-electron chi connectivity index (χ1n) is 4.73. The highest BCUT2D eigenvalue weighted by atomic mass is 32.1. The standard InChI is InChI=1S/C11H10N4S/c1-6-10(14-7(2)15-11(6)13)9-4-3-8(5-12)16-9/h3-4H,1-2H3,(H2,13,14,15). The second-order valence-corrected chi connectivity index (χ2v) is 4.49. The number of hydrogen-bond donors (Lipinski definition) is 1. The fourth-order valence-corrected chi connectivity index (χ4v) is 2.27. The minimum absolute atomic E-state index is 0.495. The van der Waals surface area contributed by atoms with Crippen molar-refractivity contribution in [1.29, 1.82) is 5.26 Å². The van der Waals surface area contributed by atoms with Gasteiger partial charge in [-0.25, -0.2) is 9.97 Å². The summed E-state index contributed by atoms with van der Waals surface area (Å²) in [5.74, 6) is 1.14. The van der Waals surface area contributed by atoms with Gasteiger partial charge in [-0.05, 0) is 26.0 Å². The van der Waals surface area contributed by atoms with Gasteiger partial charge in [-0.1, -0.05) is 0 Å². The molecule has 2 aromatic rings. The van der Waals surface area contributed by atoms with E-state index in [1.807, 2.05) is 13.0 Å². The van der Waals surface area contributed by atoms with Crippen molar-refractivity contribution in [2.75, 3.05) is 5.73 Å². The summed E-state index contributed by atoms with van der Waals surface area (Å²) in [6.45, 7) is 3.69. The molecule has 5 heteroatoms. The summed E-state index contributed by atoms with van der Waals surface area (Å²) in [6.07, 6.45) is 0. The summed E-state index contributed by atoms with van der Waals surface area (Å²) in [5.41, 5.74) is 7.46. The topological polar surface area (TPSA) is 75.6 Å². The predicted octanol–water partition coefficient (Wildman–Crippen LogP) is 2.28. The molecule has 0 atom stereocenters. The maximum absolute atomic E-state index is 8.78. The van der Waals surface area contributed by atoms with E-state index >= 15 is 0 Å². The van der Waals surface area contributed by atoms with E-state index in [0.717, 1.165) is 16.1 Å². The number of nitriles is 1. The molecule has 2 N–H and O–H groups in total. The van der Waals surface area contributed by atoms with Crippen LogP contribution < -0.4 is 5.73 Å². The number of anilines is 1. The van der Waals surface area contributed by atoms with Crippen molar-refractivity contribution in [3.63, 3.8) is 0 Å². The predicted molar refractivity (Wildman–Crippen MR) is 63.9 cm³/mol. The van der Waals surface area contributed by atoms with E-state index in [0.29, 0.717) is 16.5 Å². The molecule has 0 spiro atoms. The molecule has 0 saturated heterocycles. The zero-order valence-corrected chi connectivity index (χ0v) is 9.80. The summed E-state index contributed by atoms with van der Waals surface area (Å²) in [7, 11) is 0. The summed E-state index contributed by atoms with van der Waals surface area (Å²) in [4.78, 5) is 10.1. The number of nitrogen functional groups attached to an aromatic ring is 1. The summed E-state index contributed by atoms with van der Waals surface area (Å²) in [6, 6.07) is 5.78. The van der Waals surface area contributed by atoms with Gasteiger partial charge in [0.2, 0.25) is 0 Å². The Balaban J connectivity index is 2.60. The molecule has 2 aromatic heterocycles. The quantitative estimate of drug-likeness (QED) is 0.815. The molecule has 0 saturated carbocycles. The van der Waals surface area contributed by atoms with E-state index in [2.05, 4.69) is 16.0 Å². The Bertz CT molecular complexity index is 580. The summed E-state index contributed by atoms with van der Waals surface area (Å²) < 4.78 is 0. The molecule has 0 aliphatic carbocycles. The van der Waals surface area contributed by atoms with Gasteiger partial charge in [-0.15, -0.1) is 11.3 Å². The van der Waals surface area contributed by atoms with Crippen LogP contribution >= 0.6 is 11.3 Å². The van der Waals surface area contributed by atoms with Crippen LogP contribution in [0.25, 0.3) is 10.6 Å². The molecule has 0 amide bonds. The molecule has 0 bridgehead atoms. The third-order valence-corrected chi connectivity index (χ3v) is 3.24. The van der Waals surface area contributed by atoms with Crippen molar-refractivity contribution < 1.29 is 0 Å². The lowest BCUT2D eigenvalue weighted by molar-refractivity contribution is 1.05. The number of rotatable bonds is 1. The Morgan fingerprint density at radius 1 is 1.31 bits per heavy atom. The maximum Gasteiger partial charge on any atom is 0.130 e. The Morgan fingerprint density at radius 3 is 2.69 bits per heavy atom. The number of aryl methyl sites for hydroxylation is 1. The molecule has 2 rings (SSSR count). The Kier molecular flexibility index (Phi) is 2.59. The highest BCUT2D eigenvalue weighted by Crippen LogP contribution is 2.30. The number of thiophene rings is 1. The highest BCUT2D eigenvalue weighted by molar-refractivity contribution is 7.16. The van der Waals surface area contributed by atoms with Crippen LogP contribution in [0.5, 0.6) is 0 Å². The number of nitrogens with zero attached hydrogens (tertiary/aromatic N) is 3. The molecule has 4 nitrogen and oxygen atoms in total. The maximum atomic E-state index is 8.78. The number of nitrogens with two attached hydrogens (primary N) is 1. The van der Waals surface area contributed by atoms with Crippen LogP contribution in [0.2, 0.25) is 0 Å². The van der Waals surface area contributed by atoms with Gasteiger partial charge in [0.25, 0.3) is 0 Å². The second kappa shape index (κ2) is 3.91. The molecule has 0 fully saturated rings. The van der Waals surface area contributed by atoms with Crippen LogP contribution in [0.4, 0.5) is 5.82 Å². The highest BCUT2D eigenvalue weighted by Gasteiger charge is 2.11. The van der Waals surface area contributed by atoms with Crippen LogP contribution in [0.15, 0.2) is 12.1 Å². The second-order valence-electron chi connectivity index (χ2n) is 3.41. The van der Waals surface area contributed by atoms with Crippen molar-refractivity contribution in [2.45, 2.75) is 13.8 Å². The van der Waals surface area contributed by atoms with Gasteiger partial charge in [0, 0.05) is 5.56 Å². The lowest BCUT2D eigenvalue weighted by atomic mass is 10.2. The molecule has 0 radical (unpaired) electrons. The fourth-order valence-electron chi connectivity index (χ4n) is 1.42. The average molecular weight is 230 g/mol. The monoisotopic (exact) mass is 230 g/mol. The van der Waals surface area contributed by atoms with Gasteiger partial charge in [0.05, 0.1) is 10.6 Å². The zero-order valence-electron chi connectivity index (χ0n) is 8.98. The van der Waals surface area contributed by atoms with E-state index in [-0.39, 0.29) is 0 Å². The van der Waals surface area contributed by atoms with Gasteiger partial charge in [0.15, 0.2) is 0 Å². The van der Waals surface area contributed by atoms with Gasteiger partial charge in [-0.3, -0.25) is 0 Å². The Labute approximate surface area is 97.4 Å². The third-order valence-electron chi connectivity index (χ3n) is 2.24. The Hall–Kier alpha value is -1.93. The molecular weight excluding hydrogens is 220 g/mol. The lowest BCUT2D eigenvalue weighted by Crippen LogP contribution is -2.01. The average Bonchev–Trinajstić information content (AvgIpc) is 2.71. The largest absolute Gasteiger partial charge is 0.383 e. The molecule has 0 aromatic carbocycles. The van der Waals surface area contributed by atoms with Crippen molar-refractivity contribution in [3.05, 3.63) is 28.4 Å². The summed E-state index contributed by atoms with van der Waals surface area (Å²) in [5, 5.41) is 8.78. The van der Waals surface area contributed by atoms with Crippen molar-refractivity contribution in [1.82, 2.24) is 9.97 Å². The third kappa shape index (κ3) is 1.75. The van der Waals surface area contributed by atoms with E-state index in [1.54, 1.807) is 13.0 Å². The number of aromatic nitrogens is 2. The van der Waals surface area contributed by atoms with Crippen LogP contribution in [-0.4, -0.2) is 9.97 Å². The molecule has 2 heterocycles. The molecular formula is C11H10N4S.